The van der Waals surface area contributed by atoms with E-state index in [4.69, 9.17) is 31.5 Å². The lowest BCUT2D eigenvalue weighted by molar-refractivity contribution is -0.119. The van der Waals surface area contributed by atoms with E-state index in [1.807, 2.05) is 44.2 Å². The number of ketones is 1. The Hall–Kier alpha value is -3.43. The molecule has 170 valence electrons. The molecule has 2 aromatic rings. The second-order valence-electron chi connectivity index (χ2n) is 9.02. The molecule has 4 rings (SSSR count). The average Bonchev–Trinajstić information content (AvgIpc) is 2.75. The van der Waals surface area contributed by atoms with Crippen LogP contribution in [0.15, 0.2) is 65.3 Å². The quantitative estimate of drug-likeness (QED) is 0.638. The molecular weight excluding hydrogens is 440 g/mol. The largest absolute Gasteiger partial charge is 0.496 e. The van der Waals surface area contributed by atoms with E-state index in [2.05, 4.69) is 6.07 Å². The number of nitrogens with zero attached hydrogens (tertiary/aromatic N) is 1. The van der Waals surface area contributed by atoms with Gasteiger partial charge in [-0.3, -0.25) is 4.79 Å². The fourth-order valence-corrected chi connectivity index (χ4v) is 4.61. The number of carbonyl (C=O) groups excluding carboxylic acids is 1. The molecule has 0 saturated heterocycles. The summed E-state index contributed by atoms with van der Waals surface area (Å²) in [7, 11) is 1.58. The zero-order valence-electron chi connectivity index (χ0n) is 18.8. The van der Waals surface area contributed by atoms with Gasteiger partial charge in [-0.15, -0.1) is 0 Å². The smallest absolute Gasteiger partial charge is 0.205 e. The maximum atomic E-state index is 13.2. The zero-order valence-corrected chi connectivity index (χ0v) is 19.5. The summed E-state index contributed by atoms with van der Waals surface area (Å²) in [6.07, 6.45) is 0.954. The normalized spacial score (nSPS) is 19.5. The predicted molar refractivity (Wildman–Crippen MR) is 124 cm³/mol. The van der Waals surface area contributed by atoms with Gasteiger partial charge in [-0.25, -0.2) is 0 Å². The van der Waals surface area contributed by atoms with Crippen LogP contribution in [0.3, 0.4) is 0 Å². The van der Waals surface area contributed by atoms with Crippen molar-refractivity contribution >= 4 is 17.4 Å². The highest BCUT2D eigenvalue weighted by atomic mass is 35.5. The maximum Gasteiger partial charge on any atom is 0.205 e. The van der Waals surface area contributed by atoms with E-state index in [-0.39, 0.29) is 29.3 Å². The molecule has 6 nitrogen and oxygen atoms in total. The minimum atomic E-state index is -0.599. The monoisotopic (exact) mass is 464 g/mol. The van der Waals surface area contributed by atoms with Gasteiger partial charge < -0.3 is 19.9 Å². The van der Waals surface area contributed by atoms with E-state index in [9.17, 15) is 10.1 Å². The van der Waals surface area contributed by atoms with Crippen molar-refractivity contribution in [3.05, 3.63) is 81.4 Å². The highest BCUT2D eigenvalue weighted by molar-refractivity contribution is 6.30. The molecule has 0 amide bonds. The minimum absolute atomic E-state index is 0.0287. The number of ether oxygens (including phenoxy) is 3. The Labute approximate surface area is 198 Å². The summed E-state index contributed by atoms with van der Waals surface area (Å²) in [5, 5.41) is 10.4. The van der Waals surface area contributed by atoms with Gasteiger partial charge in [0, 0.05) is 29.0 Å². The molecule has 2 N–H and O–H groups in total. The van der Waals surface area contributed by atoms with Crippen molar-refractivity contribution in [3.63, 3.8) is 0 Å². The van der Waals surface area contributed by atoms with Crippen LogP contribution in [-0.4, -0.2) is 12.9 Å². The Bertz CT molecular complexity index is 1220. The zero-order chi connectivity index (χ0) is 23.8. The molecule has 0 bridgehead atoms. The van der Waals surface area contributed by atoms with Crippen LogP contribution < -0.4 is 15.2 Å². The van der Waals surface area contributed by atoms with Gasteiger partial charge in [0.2, 0.25) is 5.88 Å². The molecule has 7 heteroatoms. The van der Waals surface area contributed by atoms with E-state index < -0.39 is 5.92 Å². The fraction of sp³-hybridized carbons (Fsp3) is 0.308. The maximum absolute atomic E-state index is 13.2. The first-order valence-electron chi connectivity index (χ1n) is 10.6. The summed E-state index contributed by atoms with van der Waals surface area (Å²) in [6.45, 7) is 4.26. The Balaban J connectivity index is 1.75. The van der Waals surface area contributed by atoms with E-state index >= 15 is 0 Å². The number of carbonyl (C=O) groups is 1. The van der Waals surface area contributed by atoms with Gasteiger partial charge in [-0.2, -0.15) is 5.26 Å². The van der Waals surface area contributed by atoms with Crippen LogP contribution in [0.1, 0.15) is 43.7 Å². The molecule has 0 spiro atoms. The van der Waals surface area contributed by atoms with Crippen LogP contribution >= 0.6 is 11.6 Å². The van der Waals surface area contributed by atoms with Gasteiger partial charge in [-0.1, -0.05) is 37.6 Å². The van der Waals surface area contributed by atoms with Crippen LogP contribution in [0, 0.1) is 16.7 Å². The number of hydrogen-bond donors (Lipinski definition) is 1. The third-order valence-corrected chi connectivity index (χ3v) is 6.14. The summed E-state index contributed by atoms with van der Waals surface area (Å²) in [6, 6.07) is 14.8. The molecule has 2 aliphatic rings. The van der Waals surface area contributed by atoms with Gasteiger partial charge in [0.25, 0.3) is 0 Å². The van der Waals surface area contributed by atoms with E-state index in [0.717, 1.165) is 11.1 Å². The van der Waals surface area contributed by atoms with Crippen molar-refractivity contribution in [2.45, 2.75) is 39.2 Å². The van der Waals surface area contributed by atoms with Crippen molar-refractivity contribution in [1.82, 2.24) is 0 Å². The van der Waals surface area contributed by atoms with Crippen LogP contribution in [-0.2, 0) is 16.1 Å². The van der Waals surface area contributed by atoms with Gasteiger partial charge >= 0.3 is 0 Å². The summed E-state index contributed by atoms with van der Waals surface area (Å²) < 4.78 is 17.2. The van der Waals surface area contributed by atoms with E-state index in [0.29, 0.717) is 40.7 Å². The third-order valence-electron chi connectivity index (χ3n) is 5.90. The number of nitriles is 1. The summed E-state index contributed by atoms with van der Waals surface area (Å²) in [5.74, 6) is 1.22. The molecule has 0 radical (unpaired) electrons. The van der Waals surface area contributed by atoms with Crippen molar-refractivity contribution in [2.75, 3.05) is 7.11 Å². The lowest BCUT2D eigenvalue weighted by Crippen LogP contribution is -2.33. The SMILES string of the molecule is COc1ccc([C@H]2C(C#N)=C(N)OC3=C2C(=O)CC(C)(C)C3)cc1COc1cccc(Cl)c1. The van der Waals surface area contributed by atoms with Gasteiger partial charge in [-0.05, 0) is 41.3 Å². The molecule has 33 heavy (non-hydrogen) atoms. The lowest BCUT2D eigenvalue weighted by Gasteiger charge is -2.37. The predicted octanol–water partition coefficient (Wildman–Crippen LogP) is 5.38. The number of Topliss-reactive ketones (excluding diaryl/α,β-unsaturated/α-hetero) is 1. The number of methoxy groups -OCH3 is 1. The fourth-order valence-electron chi connectivity index (χ4n) is 4.43. The van der Waals surface area contributed by atoms with Crippen molar-refractivity contribution in [3.8, 4) is 17.6 Å². The van der Waals surface area contributed by atoms with Gasteiger partial charge in [0.15, 0.2) is 5.78 Å². The highest BCUT2D eigenvalue weighted by Gasteiger charge is 2.43. The number of benzene rings is 2. The number of halogens is 1. The summed E-state index contributed by atoms with van der Waals surface area (Å²) >= 11 is 6.06. The first-order chi connectivity index (χ1) is 15.7. The standard InChI is InChI=1S/C26H25ClN2O4/c1-26(2)11-20(30)24-22(12-26)33-25(29)19(13-28)23(24)15-7-8-21(31-3)16(9-15)14-32-18-6-4-5-17(27)10-18/h4-10,23H,11-12,14,29H2,1-3H3/t23-/m0/s1. The summed E-state index contributed by atoms with van der Waals surface area (Å²) in [5.41, 5.74) is 8.15. The Morgan fingerprint density at radius 1 is 1.24 bits per heavy atom. The molecule has 0 fully saturated rings. The van der Waals surface area contributed by atoms with Gasteiger partial charge in [0.05, 0.1) is 13.0 Å². The first-order valence-corrected chi connectivity index (χ1v) is 11.0. The molecule has 0 unspecified atom stereocenters. The number of hydrogen-bond acceptors (Lipinski definition) is 6. The van der Waals surface area contributed by atoms with Crippen LogP contribution in [0.25, 0.3) is 0 Å². The second kappa shape index (κ2) is 8.84. The molecule has 1 heterocycles. The Morgan fingerprint density at radius 3 is 2.73 bits per heavy atom. The third kappa shape index (κ3) is 4.55. The van der Waals surface area contributed by atoms with Gasteiger partial charge in [0.1, 0.15) is 35.5 Å². The number of rotatable bonds is 5. The molecule has 2 aromatic carbocycles. The van der Waals surface area contributed by atoms with Crippen molar-refractivity contribution < 1.29 is 19.0 Å². The summed E-state index contributed by atoms with van der Waals surface area (Å²) in [4.78, 5) is 13.2. The van der Waals surface area contributed by atoms with Crippen molar-refractivity contribution in [2.24, 2.45) is 11.1 Å². The molecule has 0 saturated carbocycles. The van der Waals surface area contributed by atoms with Crippen LogP contribution in [0.2, 0.25) is 5.02 Å². The first kappa shape index (κ1) is 22.8. The molecule has 1 aliphatic heterocycles. The van der Waals surface area contributed by atoms with E-state index in [1.54, 1.807) is 19.2 Å². The number of nitrogens with two attached hydrogens (primary N) is 1. The van der Waals surface area contributed by atoms with Crippen molar-refractivity contribution in [1.29, 1.82) is 5.26 Å². The molecule has 1 aliphatic carbocycles. The highest BCUT2D eigenvalue weighted by Crippen LogP contribution is 2.48. The Morgan fingerprint density at radius 2 is 2.03 bits per heavy atom. The van der Waals surface area contributed by atoms with Crippen LogP contribution in [0.5, 0.6) is 11.5 Å². The lowest BCUT2D eigenvalue weighted by atomic mass is 9.70. The molecular formula is C26H25ClN2O4. The minimum Gasteiger partial charge on any atom is -0.496 e. The van der Waals surface area contributed by atoms with Crippen LogP contribution in [0.4, 0.5) is 0 Å². The Kier molecular flexibility index (Phi) is 6.09. The molecule has 0 aromatic heterocycles. The topological polar surface area (TPSA) is 94.6 Å². The average molecular weight is 465 g/mol. The number of allylic oxidation sites excluding steroid dienone is 3. The molecule has 1 atom stereocenters. The second-order valence-corrected chi connectivity index (χ2v) is 9.46. The van der Waals surface area contributed by atoms with E-state index in [1.165, 1.54) is 0 Å².